The number of likely N-dealkylation sites (tertiary alicyclic amines) is 1. The van der Waals surface area contributed by atoms with Crippen LogP contribution >= 0.6 is 0 Å². The molecule has 1 aromatic carbocycles. The summed E-state index contributed by atoms with van der Waals surface area (Å²) in [6.07, 6.45) is 3.99. The Morgan fingerprint density at radius 3 is 2.59 bits per heavy atom. The minimum absolute atomic E-state index is 0.0770. The van der Waals surface area contributed by atoms with E-state index in [0.29, 0.717) is 51.0 Å². The average Bonchev–Trinajstić information content (AvgIpc) is 3.62. The third-order valence-corrected chi connectivity index (χ3v) is 7.42. The normalized spacial score (nSPS) is 20.8. The number of halogens is 2. The Hall–Kier alpha value is -3.60. The summed E-state index contributed by atoms with van der Waals surface area (Å²) in [5.41, 5.74) is 2.97. The number of aliphatic hydroxyl groups excluding tert-OH is 1. The van der Waals surface area contributed by atoms with Gasteiger partial charge in [0, 0.05) is 69.1 Å². The van der Waals surface area contributed by atoms with E-state index in [1.807, 2.05) is 23.1 Å². The van der Waals surface area contributed by atoms with Crippen molar-refractivity contribution in [3.8, 4) is 17.0 Å². The van der Waals surface area contributed by atoms with Crippen molar-refractivity contribution in [2.45, 2.75) is 50.2 Å². The van der Waals surface area contributed by atoms with Crippen LogP contribution in [-0.2, 0) is 12.3 Å². The van der Waals surface area contributed by atoms with E-state index >= 15 is 0 Å². The molecule has 2 fully saturated rings. The lowest BCUT2D eigenvalue weighted by Gasteiger charge is -2.37. The van der Waals surface area contributed by atoms with Gasteiger partial charge in [-0.2, -0.15) is 13.8 Å². The number of pyridine rings is 1. The number of carbonyl (C=O) groups excluding carboxylic acids is 1. The Balaban J connectivity index is 1.11. The minimum Gasteiger partial charge on any atom is -0.485 e. The van der Waals surface area contributed by atoms with Crippen LogP contribution < -0.4 is 9.64 Å². The first-order valence-electron chi connectivity index (χ1n) is 12.4. The van der Waals surface area contributed by atoms with Crippen molar-refractivity contribution in [2.75, 3.05) is 31.1 Å². The van der Waals surface area contributed by atoms with Crippen molar-refractivity contribution in [3.63, 3.8) is 0 Å². The van der Waals surface area contributed by atoms with E-state index in [1.54, 1.807) is 23.2 Å². The molecule has 194 valence electrons. The summed E-state index contributed by atoms with van der Waals surface area (Å²) in [5.74, 6) is -3.08. The van der Waals surface area contributed by atoms with E-state index < -0.39 is 17.9 Å². The maximum absolute atomic E-state index is 13.5. The molecule has 5 heterocycles. The monoisotopic (exact) mass is 511 g/mol. The van der Waals surface area contributed by atoms with Gasteiger partial charge >= 0.3 is 11.9 Å². The van der Waals surface area contributed by atoms with Gasteiger partial charge in [-0.3, -0.25) is 9.78 Å². The molecule has 0 aliphatic carbocycles. The van der Waals surface area contributed by atoms with Crippen LogP contribution in [0, 0.1) is 0 Å². The standard InChI is InChI=1S/C26H27F2N5O4/c1-25(27,28)23-30-24(37-31-23)32-10-7-26(8-11-32)13-18-12-20(29-14-21(18)36-26)16-2-4-17(5-3-16)22(35)33-9-6-19(34)15-33/h2-5,12,14,19,34H,6-11,13,15H2,1H3/t19-/m1/s1. The van der Waals surface area contributed by atoms with Crippen molar-refractivity contribution < 1.29 is 27.9 Å². The summed E-state index contributed by atoms with van der Waals surface area (Å²) in [6.45, 7) is 2.78. The van der Waals surface area contributed by atoms with E-state index in [1.165, 1.54) is 0 Å². The Bertz CT molecular complexity index is 1320. The fourth-order valence-corrected chi connectivity index (χ4v) is 5.29. The first kappa shape index (κ1) is 23.8. The number of piperidine rings is 1. The molecule has 1 atom stereocenters. The lowest BCUT2D eigenvalue weighted by molar-refractivity contribution is 0.00558. The number of aliphatic hydroxyl groups is 1. The highest BCUT2D eigenvalue weighted by Crippen LogP contribution is 2.42. The first-order valence-corrected chi connectivity index (χ1v) is 12.4. The summed E-state index contributed by atoms with van der Waals surface area (Å²) in [4.78, 5) is 24.6. The highest BCUT2D eigenvalue weighted by atomic mass is 19.3. The Labute approximate surface area is 212 Å². The second-order valence-electron chi connectivity index (χ2n) is 10.2. The molecular weight excluding hydrogens is 484 g/mol. The number of fused-ring (bicyclic) bond motifs is 1. The fraction of sp³-hybridized carbons (Fsp3) is 0.462. The predicted octanol–water partition coefficient (Wildman–Crippen LogP) is 3.42. The van der Waals surface area contributed by atoms with Crippen molar-refractivity contribution >= 4 is 11.9 Å². The molecule has 0 unspecified atom stereocenters. The second-order valence-corrected chi connectivity index (χ2v) is 10.2. The molecule has 3 aliphatic heterocycles. The molecule has 9 nitrogen and oxygen atoms in total. The van der Waals surface area contributed by atoms with Gasteiger partial charge in [0.05, 0.1) is 18.0 Å². The minimum atomic E-state index is -3.15. The molecular formula is C26H27F2N5O4. The van der Waals surface area contributed by atoms with E-state index in [-0.39, 0.29) is 17.5 Å². The van der Waals surface area contributed by atoms with E-state index in [9.17, 15) is 18.7 Å². The van der Waals surface area contributed by atoms with Crippen LogP contribution in [0.1, 0.15) is 47.9 Å². The summed E-state index contributed by atoms with van der Waals surface area (Å²) in [5, 5.41) is 13.1. The van der Waals surface area contributed by atoms with Crippen LogP contribution in [0.2, 0.25) is 0 Å². The number of carbonyl (C=O) groups is 1. The van der Waals surface area contributed by atoms with Gasteiger partial charge in [-0.25, -0.2) is 0 Å². The quantitative estimate of drug-likeness (QED) is 0.568. The largest absolute Gasteiger partial charge is 0.485 e. The Morgan fingerprint density at radius 1 is 1.19 bits per heavy atom. The summed E-state index contributed by atoms with van der Waals surface area (Å²) < 4.78 is 38.3. The molecule has 1 spiro atoms. The van der Waals surface area contributed by atoms with Gasteiger partial charge in [0.1, 0.15) is 11.4 Å². The van der Waals surface area contributed by atoms with Crippen LogP contribution in [0.15, 0.2) is 41.1 Å². The third kappa shape index (κ3) is 4.52. The number of hydrogen-bond donors (Lipinski definition) is 1. The fourth-order valence-electron chi connectivity index (χ4n) is 5.29. The molecule has 0 saturated carbocycles. The number of alkyl halides is 2. The predicted molar refractivity (Wildman–Crippen MR) is 129 cm³/mol. The van der Waals surface area contributed by atoms with Gasteiger partial charge < -0.3 is 24.2 Å². The van der Waals surface area contributed by atoms with Crippen LogP contribution in [0.4, 0.5) is 14.8 Å². The Kier molecular flexibility index (Phi) is 5.63. The maximum atomic E-state index is 13.5. The van der Waals surface area contributed by atoms with Crippen molar-refractivity contribution in [2.24, 2.45) is 0 Å². The highest BCUT2D eigenvalue weighted by Gasteiger charge is 2.43. The molecule has 6 rings (SSSR count). The number of amides is 1. The topological polar surface area (TPSA) is 105 Å². The number of β-amino-alcohol motifs (C(OH)–C–C–N with tert-alkyl or cyclic N) is 1. The number of benzene rings is 1. The Morgan fingerprint density at radius 2 is 1.95 bits per heavy atom. The van der Waals surface area contributed by atoms with E-state index in [0.717, 1.165) is 35.9 Å². The van der Waals surface area contributed by atoms with Gasteiger partial charge in [-0.1, -0.05) is 17.3 Å². The van der Waals surface area contributed by atoms with Crippen molar-refractivity contribution in [3.05, 3.63) is 53.5 Å². The number of nitrogens with zero attached hydrogens (tertiary/aromatic N) is 5. The molecule has 37 heavy (non-hydrogen) atoms. The van der Waals surface area contributed by atoms with Crippen LogP contribution in [0.3, 0.4) is 0 Å². The number of anilines is 1. The summed E-state index contributed by atoms with van der Waals surface area (Å²) in [6, 6.07) is 9.49. The summed E-state index contributed by atoms with van der Waals surface area (Å²) in [7, 11) is 0. The lowest BCUT2D eigenvalue weighted by atomic mass is 9.87. The first-order chi connectivity index (χ1) is 17.7. The molecule has 1 N–H and O–H groups in total. The number of aromatic nitrogens is 3. The van der Waals surface area contributed by atoms with Crippen LogP contribution in [0.25, 0.3) is 11.3 Å². The number of ether oxygens (including phenoxy) is 1. The van der Waals surface area contributed by atoms with Crippen molar-refractivity contribution in [1.82, 2.24) is 20.0 Å². The van der Waals surface area contributed by atoms with Crippen LogP contribution in [0.5, 0.6) is 5.75 Å². The number of rotatable bonds is 4. The molecule has 3 aliphatic rings. The third-order valence-electron chi connectivity index (χ3n) is 7.42. The maximum Gasteiger partial charge on any atom is 0.324 e. The molecule has 2 saturated heterocycles. The van der Waals surface area contributed by atoms with Gasteiger partial charge in [0.15, 0.2) is 0 Å². The molecule has 3 aromatic rings. The van der Waals surface area contributed by atoms with Crippen molar-refractivity contribution in [1.29, 1.82) is 0 Å². The smallest absolute Gasteiger partial charge is 0.324 e. The molecule has 0 bridgehead atoms. The number of hydrogen-bond acceptors (Lipinski definition) is 8. The zero-order valence-corrected chi connectivity index (χ0v) is 20.4. The van der Waals surface area contributed by atoms with Crippen LogP contribution in [-0.4, -0.2) is 68.9 Å². The van der Waals surface area contributed by atoms with Gasteiger partial charge in [-0.15, -0.1) is 0 Å². The van der Waals surface area contributed by atoms with E-state index in [4.69, 9.17) is 9.26 Å². The zero-order chi connectivity index (χ0) is 25.8. The summed E-state index contributed by atoms with van der Waals surface area (Å²) >= 11 is 0. The van der Waals surface area contributed by atoms with Gasteiger partial charge in [0.25, 0.3) is 5.91 Å². The lowest BCUT2D eigenvalue weighted by Crippen LogP contribution is -2.47. The van der Waals surface area contributed by atoms with E-state index in [2.05, 4.69) is 15.1 Å². The zero-order valence-electron chi connectivity index (χ0n) is 20.4. The second kappa shape index (κ2) is 8.76. The average molecular weight is 512 g/mol. The SMILES string of the molecule is CC(F)(F)c1noc(N2CCC3(CC2)Cc2cc(-c4ccc(C(=O)N5CC[C@@H](O)C5)cc4)ncc2O3)n1. The van der Waals surface area contributed by atoms with Gasteiger partial charge in [-0.05, 0) is 24.6 Å². The molecule has 2 aromatic heterocycles. The molecule has 11 heteroatoms. The van der Waals surface area contributed by atoms with Gasteiger partial charge in [0.2, 0.25) is 5.82 Å². The highest BCUT2D eigenvalue weighted by molar-refractivity contribution is 5.94. The molecule has 0 radical (unpaired) electrons. The molecule has 1 amide bonds.